The topological polar surface area (TPSA) is 107 Å². The molecule has 1 rings (SSSR count). The molecule has 0 saturated carbocycles. The van der Waals surface area contributed by atoms with Crippen LogP contribution in [0, 0.1) is 0 Å². The summed E-state index contributed by atoms with van der Waals surface area (Å²) in [6, 6.07) is 1.10. The van der Waals surface area contributed by atoms with E-state index < -0.39 is 11.9 Å². The van der Waals surface area contributed by atoms with Crippen LogP contribution in [0.5, 0.6) is 0 Å². The first-order chi connectivity index (χ1) is 7.52. The minimum Gasteiger partial charge on any atom is -0.384 e. The van der Waals surface area contributed by atoms with Gasteiger partial charge in [0.05, 0.1) is 0 Å². The van der Waals surface area contributed by atoms with Crippen LogP contribution in [-0.4, -0.2) is 21.9 Å². The Labute approximate surface area is 94.5 Å². The van der Waals surface area contributed by atoms with Crippen molar-refractivity contribution in [2.24, 2.45) is 5.73 Å². The molecule has 0 aliphatic carbocycles. The van der Waals surface area contributed by atoms with Gasteiger partial charge < -0.3 is 16.8 Å². The van der Waals surface area contributed by atoms with E-state index in [1.807, 2.05) is 6.92 Å². The highest BCUT2D eigenvalue weighted by molar-refractivity contribution is 5.82. The molecule has 0 aliphatic heterocycles. The number of carbonyl (C=O) groups is 1. The number of anilines is 2. The molecule has 0 aliphatic rings. The molecule has 1 aromatic heterocycles. The maximum absolute atomic E-state index is 10.9. The van der Waals surface area contributed by atoms with Crippen LogP contribution in [0.25, 0.3) is 0 Å². The fourth-order valence-corrected chi connectivity index (χ4v) is 1.22. The third kappa shape index (κ3) is 3.38. The van der Waals surface area contributed by atoms with E-state index in [1.165, 1.54) is 0 Å². The molecule has 16 heavy (non-hydrogen) atoms. The number of carbonyl (C=O) groups excluding carboxylic acids is 1. The molecule has 0 saturated heterocycles. The first-order valence-corrected chi connectivity index (χ1v) is 5.22. The zero-order chi connectivity index (χ0) is 12.1. The minimum atomic E-state index is -0.483. The van der Waals surface area contributed by atoms with Crippen molar-refractivity contribution in [2.75, 3.05) is 11.1 Å². The summed E-state index contributed by atoms with van der Waals surface area (Å²) in [6.07, 6.45) is 1.69. The van der Waals surface area contributed by atoms with Crippen LogP contribution in [0.1, 0.15) is 26.1 Å². The van der Waals surface area contributed by atoms with Gasteiger partial charge in [0.1, 0.15) is 23.5 Å². The number of hydrogen-bond donors (Lipinski definition) is 3. The van der Waals surface area contributed by atoms with E-state index in [0.29, 0.717) is 17.5 Å². The number of hydrogen-bond acceptors (Lipinski definition) is 5. The van der Waals surface area contributed by atoms with Gasteiger partial charge in [-0.3, -0.25) is 4.79 Å². The third-order valence-corrected chi connectivity index (χ3v) is 2.06. The molecule has 6 nitrogen and oxygen atoms in total. The van der Waals surface area contributed by atoms with Gasteiger partial charge in [-0.05, 0) is 13.3 Å². The molecule has 1 aromatic rings. The number of amides is 1. The number of primary amides is 1. The monoisotopic (exact) mass is 223 g/mol. The molecule has 1 atom stereocenters. The highest BCUT2D eigenvalue weighted by atomic mass is 16.1. The van der Waals surface area contributed by atoms with Crippen molar-refractivity contribution in [1.82, 2.24) is 9.97 Å². The van der Waals surface area contributed by atoms with Crippen molar-refractivity contribution in [3.05, 3.63) is 11.9 Å². The average Bonchev–Trinajstić information content (AvgIpc) is 2.16. The highest BCUT2D eigenvalue weighted by Gasteiger charge is 2.10. The Morgan fingerprint density at radius 3 is 2.81 bits per heavy atom. The second-order valence-electron chi connectivity index (χ2n) is 3.61. The molecule has 88 valence electrons. The lowest BCUT2D eigenvalue weighted by molar-refractivity contribution is -0.118. The van der Waals surface area contributed by atoms with Gasteiger partial charge in [0.15, 0.2) is 0 Å². The van der Waals surface area contributed by atoms with Gasteiger partial charge in [-0.25, -0.2) is 9.97 Å². The van der Waals surface area contributed by atoms with E-state index in [2.05, 4.69) is 15.3 Å². The van der Waals surface area contributed by atoms with Crippen LogP contribution in [-0.2, 0) is 11.2 Å². The number of nitrogens with two attached hydrogens (primary N) is 2. The van der Waals surface area contributed by atoms with E-state index in [-0.39, 0.29) is 0 Å². The van der Waals surface area contributed by atoms with Crippen LogP contribution >= 0.6 is 0 Å². The zero-order valence-corrected chi connectivity index (χ0v) is 9.53. The Morgan fingerprint density at radius 2 is 2.25 bits per heavy atom. The van der Waals surface area contributed by atoms with Gasteiger partial charge in [0.25, 0.3) is 0 Å². The number of nitrogens with zero attached hydrogens (tertiary/aromatic N) is 2. The number of aryl methyl sites for hydroxylation is 1. The Hall–Kier alpha value is -1.85. The van der Waals surface area contributed by atoms with Crippen molar-refractivity contribution in [3.8, 4) is 0 Å². The van der Waals surface area contributed by atoms with Crippen LogP contribution in [0.15, 0.2) is 6.07 Å². The van der Waals surface area contributed by atoms with Crippen LogP contribution in [0.2, 0.25) is 0 Å². The van der Waals surface area contributed by atoms with E-state index >= 15 is 0 Å². The average molecular weight is 223 g/mol. The summed E-state index contributed by atoms with van der Waals surface area (Å²) in [6.45, 7) is 3.70. The number of rotatable bonds is 5. The van der Waals surface area contributed by atoms with Crippen molar-refractivity contribution < 1.29 is 4.79 Å². The first-order valence-electron chi connectivity index (χ1n) is 5.22. The molecule has 0 fully saturated rings. The minimum absolute atomic E-state index is 0.387. The number of aromatic nitrogens is 2. The predicted octanol–water partition coefficient (Wildman–Crippen LogP) is 0.297. The van der Waals surface area contributed by atoms with E-state index in [0.717, 1.165) is 12.8 Å². The summed E-state index contributed by atoms with van der Waals surface area (Å²) in [4.78, 5) is 19.2. The molecule has 6 heteroatoms. The lowest BCUT2D eigenvalue weighted by atomic mass is 10.3. The van der Waals surface area contributed by atoms with Crippen molar-refractivity contribution in [3.63, 3.8) is 0 Å². The highest BCUT2D eigenvalue weighted by Crippen LogP contribution is 2.10. The van der Waals surface area contributed by atoms with Gasteiger partial charge in [0.2, 0.25) is 5.91 Å². The first kappa shape index (κ1) is 12.2. The second-order valence-corrected chi connectivity index (χ2v) is 3.61. The molecule has 0 spiro atoms. The van der Waals surface area contributed by atoms with E-state index in [9.17, 15) is 4.79 Å². The third-order valence-electron chi connectivity index (χ3n) is 2.06. The van der Waals surface area contributed by atoms with Gasteiger partial charge in [-0.1, -0.05) is 6.92 Å². The lowest BCUT2D eigenvalue weighted by Crippen LogP contribution is -2.32. The summed E-state index contributed by atoms with van der Waals surface area (Å²) in [5.74, 6) is 1.15. The molecule has 0 radical (unpaired) electrons. The molecular weight excluding hydrogens is 206 g/mol. The summed E-state index contributed by atoms with van der Waals surface area (Å²) in [5, 5.41) is 2.88. The second kappa shape index (κ2) is 5.29. The maximum atomic E-state index is 10.9. The molecule has 5 N–H and O–H groups in total. The van der Waals surface area contributed by atoms with Crippen LogP contribution < -0.4 is 16.8 Å². The standard InChI is InChI=1S/C10H17N5O/c1-3-4-8-14-7(11)5-9(15-8)13-6(2)10(12)16/h5-6H,3-4H2,1-2H3,(H2,12,16)(H3,11,13,14,15). The summed E-state index contributed by atoms with van der Waals surface area (Å²) >= 11 is 0. The SMILES string of the molecule is CCCc1nc(N)cc(NC(C)C(N)=O)n1. The van der Waals surface area contributed by atoms with E-state index in [4.69, 9.17) is 11.5 Å². The fraction of sp³-hybridized carbons (Fsp3) is 0.500. The molecule has 0 bridgehead atoms. The summed E-state index contributed by atoms with van der Waals surface area (Å²) in [7, 11) is 0. The summed E-state index contributed by atoms with van der Waals surface area (Å²) < 4.78 is 0. The fourth-order valence-electron chi connectivity index (χ4n) is 1.22. The van der Waals surface area contributed by atoms with Crippen LogP contribution in [0.3, 0.4) is 0 Å². The molecule has 0 aromatic carbocycles. The van der Waals surface area contributed by atoms with Gasteiger partial charge in [-0.15, -0.1) is 0 Å². The smallest absolute Gasteiger partial charge is 0.239 e. The van der Waals surface area contributed by atoms with Gasteiger partial charge >= 0.3 is 0 Å². The Bertz CT molecular complexity index is 379. The van der Waals surface area contributed by atoms with Crippen LogP contribution in [0.4, 0.5) is 11.6 Å². The van der Waals surface area contributed by atoms with Crippen molar-refractivity contribution in [1.29, 1.82) is 0 Å². The molecular formula is C10H17N5O. The van der Waals surface area contributed by atoms with Gasteiger partial charge in [0, 0.05) is 12.5 Å². The van der Waals surface area contributed by atoms with Crippen molar-refractivity contribution in [2.45, 2.75) is 32.7 Å². The molecule has 1 heterocycles. The maximum Gasteiger partial charge on any atom is 0.239 e. The van der Waals surface area contributed by atoms with Crippen molar-refractivity contribution >= 4 is 17.5 Å². The number of nitrogens with one attached hydrogen (secondary N) is 1. The van der Waals surface area contributed by atoms with E-state index in [1.54, 1.807) is 13.0 Å². The normalized spacial score (nSPS) is 12.1. The van der Waals surface area contributed by atoms with Gasteiger partial charge in [-0.2, -0.15) is 0 Å². The molecule has 1 unspecified atom stereocenters. The molecule has 1 amide bonds. The summed E-state index contributed by atoms with van der Waals surface area (Å²) in [5.41, 5.74) is 10.8. The largest absolute Gasteiger partial charge is 0.384 e. The quantitative estimate of drug-likeness (QED) is 0.665. The Kier molecular flexibility index (Phi) is 4.04. The number of nitrogen functional groups attached to an aromatic ring is 1. The lowest BCUT2D eigenvalue weighted by Gasteiger charge is -2.11. The Balaban J connectivity index is 2.83. The predicted molar refractivity (Wildman–Crippen MR) is 62.7 cm³/mol. The Morgan fingerprint density at radius 1 is 1.56 bits per heavy atom. The zero-order valence-electron chi connectivity index (χ0n) is 9.53.